The Morgan fingerprint density at radius 1 is 1.56 bits per heavy atom. The van der Waals surface area contributed by atoms with Gasteiger partial charge in [0.2, 0.25) is 0 Å². The van der Waals surface area contributed by atoms with Crippen molar-refractivity contribution in [2.45, 2.75) is 13.1 Å². The molecule has 46 valence electrons. The van der Waals surface area contributed by atoms with Crippen molar-refractivity contribution in [1.82, 2.24) is 0 Å². The third-order valence-corrected chi connectivity index (χ3v) is 1.20. The summed E-state index contributed by atoms with van der Waals surface area (Å²) in [6.07, 6.45) is 3.10. The maximum atomic E-state index is 8.40. The quantitative estimate of drug-likeness (QED) is 0.501. The molecule has 1 rings (SSSR count). The largest absolute Gasteiger partial charge is 0.264 e. The molecule has 0 saturated heterocycles. The number of hydrogen-bond acceptors (Lipinski definition) is 3. The van der Waals surface area contributed by atoms with Crippen LogP contribution in [0.4, 0.5) is 0 Å². The Morgan fingerprint density at radius 3 is 2.56 bits per heavy atom. The van der Waals surface area contributed by atoms with E-state index in [1.54, 1.807) is 12.4 Å². The van der Waals surface area contributed by atoms with Gasteiger partial charge in [0.05, 0.1) is 12.0 Å². The fourth-order valence-electron chi connectivity index (χ4n) is 0.617. The SMILES string of the molecule is CC(C#N)C1N=CC=N1. The van der Waals surface area contributed by atoms with E-state index in [-0.39, 0.29) is 12.1 Å². The summed E-state index contributed by atoms with van der Waals surface area (Å²) in [4.78, 5) is 7.87. The number of rotatable bonds is 1. The zero-order chi connectivity index (χ0) is 6.69. The molecule has 3 heteroatoms. The normalized spacial score (nSPS) is 20.0. The molecule has 0 aromatic rings. The summed E-state index contributed by atoms with van der Waals surface area (Å²) in [5.41, 5.74) is 0. The Hall–Kier alpha value is -1.17. The second kappa shape index (κ2) is 2.40. The highest BCUT2D eigenvalue weighted by molar-refractivity contribution is 6.17. The molecule has 3 nitrogen and oxygen atoms in total. The van der Waals surface area contributed by atoms with E-state index in [4.69, 9.17) is 5.26 Å². The Bertz CT molecular complexity index is 175. The smallest absolute Gasteiger partial charge is 0.155 e. The van der Waals surface area contributed by atoms with Crippen LogP contribution in [0, 0.1) is 17.2 Å². The summed E-state index contributed by atoms with van der Waals surface area (Å²) in [7, 11) is 0. The predicted molar refractivity (Wildman–Crippen MR) is 35.5 cm³/mol. The zero-order valence-corrected chi connectivity index (χ0v) is 5.15. The van der Waals surface area contributed by atoms with Crippen molar-refractivity contribution < 1.29 is 0 Å². The fourth-order valence-corrected chi connectivity index (χ4v) is 0.617. The van der Waals surface area contributed by atoms with Crippen LogP contribution in [0.15, 0.2) is 9.98 Å². The highest BCUT2D eigenvalue weighted by atomic mass is 15.0. The van der Waals surface area contributed by atoms with Crippen LogP contribution in [-0.4, -0.2) is 18.6 Å². The minimum atomic E-state index is -0.144. The monoisotopic (exact) mass is 121 g/mol. The summed E-state index contributed by atoms with van der Waals surface area (Å²) >= 11 is 0. The van der Waals surface area contributed by atoms with Crippen molar-refractivity contribution in [3.63, 3.8) is 0 Å². The lowest BCUT2D eigenvalue weighted by atomic mass is 10.2. The molecule has 1 unspecified atom stereocenters. The van der Waals surface area contributed by atoms with E-state index in [0.717, 1.165) is 0 Å². The highest BCUT2D eigenvalue weighted by Gasteiger charge is 2.13. The van der Waals surface area contributed by atoms with Crippen LogP contribution in [0.25, 0.3) is 0 Å². The van der Waals surface area contributed by atoms with Crippen LogP contribution in [0.1, 0.15) is 6.92 Å². The minimum absolute atomic E-state index is 0.0972. The molecule has 0 aliphatic carbocycles. The molecule has 0 aromatic heterocycles. The summed E-state index contributed by atoms with van der Waals surface area (Å²) in [5.74, 6) is -0.0972. The Balaban J connectivity index is 2.56. The molecule has 1 atom stereocenters. The molecule has 0 aromatic carbocycles. The summed E-state index contributed by atoms with van der Waals surface area (Å²) in [6, 6.07) is 2.08. The van der Waals surface area contributed by atoms with E-state index in [9.17, 15) is 0 Å². The second-order valence-electron chi connectivity index (χ2n) is 1.93. The van der Waals surface area contributed by atoms with Gasteiger partial charge in [-0.1, -0.05) is 0 Å². The van der Waals surface area contributed by atoms with Crippen molar-refractivity contribution in [3.05, 3.63) is 0 Å². The van der Waals surface area contributed by atoms with E-state index in [0.29, 0.717) is 0 Å². The van der Waals surface area contributed by atoms with Crippen molar-refractivity contribution >= 4 is 12.4 Å². The van der Waals surface area contributed by atoms with Gasteiger partial charge in [-0.25, -0.2) is 0 Å². The van der Waals surface area contributed by atoms with Gasteiger partial charge in [-0.3, -0.25) is 9.98 Å². The fraction of sp³-hybridized carbons (Fsp3) is 0.500. The molecule has 9 heavy (non-hydrogen) atoms. The molecular weight excluding hydrogens is 114 g/mol. The lowest BCUT2D eigenvalue weighted by molar-refractivity contribution is 0.585. The molecule has 0 spiro atoms. The molecule has 0 saturated carbocycles. The lowest BCUT2D eigenvalue weighted by Crippen LogP contribution is -2.07. The van der Waals surface area contributed by atoms with Gasteiger partial charge in [0, 0.05) is 12.4 Å². The second-order valence-corrected chi connectivity index (χ2v) is 1.93. The molecule has 0 radical (unpaired) electrons. The Kier molecular flexibility index (Phi) is 1.59. The molecule has 0 N–H and O–H groups in total. The molecule has 0 bridgehead atoms. The molecular formula is C6H7N3. The number of nitrogens with zero attached hydrogens (tertiary/aromatic N) is 3. The first kappa shape index (κ1) is 5.96. The summed E-state index contributed by atoms with van der Waals surface area (Å²) < 4.78 is 0. The summed E-state index contributed by atoms with van der Waals surface area (Å²) in [5, 5.41) is 8.40. The molecule has 1 heterocycles. The van der Waals surface area contributed by atoms with Crippen molar-refractivity contribution in [3.8, 4) is 6.07 Å². The van der Waals surface area contributed by atoms with E-state index in [1.165, 1.54) is 0 Å². The molecule has 0 fully saturated rings. The van der Waals surface area contributed by atoms with Gasteiger partial charge < -0.3 is 0 Å². The van der Waals surface area contributed by atoms with Gasteiger partial charge >= 0.3 is 0 Å². The molecule has 1 aliphatic heterocycles. The van der Waals surface area contributed by atoms with E-state index in [1.807, 2.05) is 6.92 Å². The predicted octanol–water partition coefficient (Wildman–Crippen LogP) is 0.627. The average molecular weight is 121 g/mol. The maximum absolute atomic E-state index is 8.40. The van der Waals surface area contributed by atoms with Gasteiger partial charge in [-0.05, 0) is 6.92 Å². The summed E-state index contributed by atoms with van der Waals surface area (Å²) in [6.45, 7) is 1.81. The van der Waals surface area contributed by atoms with Crippen LogP contribution in [0.3, 0.4) is 0 Å². The van der Waals surface area contributed by atoms with E-state index in [2.05, 4.69) is 16.1 Å². The van der Waals surface area contributed by atoms with Crippen molar-refractivity contribution in [2.75, 3.05) is 0 Å². The van der Waals surface area contributed by atoms with Crippen LogP contribution >= 0.6 is 0 Å². The highest BCUT2D eigenvalue weighted by Crippen LogP contribution is 2.08. The first-order valence-electron chi connectivity index (χ1n) is 2.79. The van der Waals surface area contributed by atoms with Crippen molar-refractivity contribution in [2.24, 2.45) is 15.9 Å². The van der Waals surface area contributed by atoms with Crippen LogP contribution < -0.4 is 0 Å². The average Bonchev–Trinajstić information content (AvgIpc) is 2.37. The van der Waals surface area contributed by atoms with Crippen LogP contribution in [-0.2, 0) is 0 Å². The van der Waals surface area contributed by atoms with E-state index >= 15 is 0 Å². The number of hydrogen-bond donors (Lipinski definition) is 0. The third kappa shape index (κ3) is 1.14. The Labute approximate surface area is 53.7 Å². The number of nitriles is 1. The first-order valence-corrected chi connectivity index (χ1v) is 2.79. The topological polar surface area (TPSA) is 48.5 Å². The first-order chi connectivity index (χ1) is 4.34. The van der Waals surface area contributed by atoms with Gasteiger partial charge in [-0.15, -0.1) is 0 Å². The van der Waals surface area contributed by atoms with Gasteiger partial charge in [0.1, 0.15) is 0 Å². The zero-order valence-electron chi connectivity index (χ0n) is 5.15. The third-order valence-electron chi connectivity index (χ3n) is 1.20. The maximum Gasteiger partial charge on any atom is 0.155 e. The van der Waals surface area contributed by atoms with E-state index < -0.39 is 0 Å². The van der Waals surface area contributed by atoms with Crippen LogP contribution in [0.2, 0.25) is 0 Å². The minimum Gasteiger partial charge on any atom is -0.264 e. The van der Waals surface area contributed by atoms with Gasteiger partial charge in [0.25, 0.3) is 0 Å². The van der Waals surface area contributed by atoms with Crippen LogP contribution in [0.5, 0.6) is 0 Å². The molecule has 0 amide bonds. The lowest BCUT2D eigenvalue weighted by Gasteiger charge is -2.02. The van der Waals surface area contributed by atoms with Crippen molar-refractivity contribution in [1.29, 1.82) is 5.26 Å². The molecule has 1 aliphatic rings. The van der Waals surface area contributed by atoms with Gasteiger partial charge in [0.15, 0.2) is 6.17 Å². The Morgan fingerprint density at radius 2 is 2.11 bits per heavy atom. The van der Waals surface area contributed by atoms with Gasteiger partial charge in [-0.2, -0.15) is 5.26 Å². The standard InChI is InChI=1S/C6H7N3/c1-5(4-7)6-8-2-3-9-6/h2-3,5-6H,1H3. The number of aliphatic imine (C=N–C) groups is 2.